The Bertz CT molecular complexity index is 677. The van der Waals surface area contributed by atoms with E-state index >= 15 is 0 Å². The predicted octanol–water partition coefficient (Wildman–Crippen LogP) is 2.53. The number of rotatable bonds is 6. The molecule has 0 fully saturated rings. The zero-order valence-electron chi connectivity index (χ0n) is 11.7. The zero-order chi connectivity index (χ0) is 15.2. The molecule has 0 unspecified atom stereocenters. The Morgan fingerprint density at radius 3 is 2.57 bits per heavy atom. The highest BCUT2D eigenvalue weighted by atomic mass is 16.6. The molecule has 1 aromatic heterocycles. The molecule has 0 spiro atoms. The summed E-state index contributed by atoms with van der Waals surface area (Å²) in [4.78, 5) is 21.8. The van der Waals surface area contributed by atoms with E-state index in [0.29, 0.717) is 19.6 Å². The predicted molar refractivity (Wildman–Crippen MR) is 78.6 cm³/mol. The number of nitro groups is 1. The Morgan fingerprint density at radius 2 is 1.90 bits per heavy atom. The number of pyridine rings is 1. The number of benzene rings is 1. The molecule has 1 aromatic carbocycles. The van der Waals surface area contributed by atoms with Gasteiger partial charge in [0.25, 0.3) is 11.2 Å². The molecule has 0 saturated carbocycles. The number of hydrogen-bond acceptors (Lipinski definition) is 4. The second-order valence-corrected chi connectivity index (χ2v) is 4.69. The van der Waals surface area contributed by atoms with Crippen LogP contribution in [0, 0.1) is 17.0 Å². The highest BCUT2D eigenvalue weighted by Crippen LogP contribution is 2.12. The number of aryl methyl sites for hydroxylation is 2. The Kier molecular flexibility index (Phi) is 4.71. The van der Waals surface area contributed by atoms with Gasteiger partial charge in [0.15, 0.2) is 0 Å². The summed E-state index contributed by atoms with van der Waals surface area (Å²) in [5, 5.41) is 10.7. The lowest BCUT2D eigenvalue weighted by molar-refractivity contribution is -0.385. The third-order valence-corrected chi connectivity index (χ3v) is 3.01. The van der Waals surface area contributed by atoms with Crippen LogP contribution in [0.25, 0.3) is 0 Å². The fourth-order valence-corrected chi connectivity index (χ4v) is 1.86. The van der Waals surface area contributed by atoms with Gasteiger partial charge in [-0.05, 0) is 25.5 Å². The average Bonchev–Trinajstić information content (AvgIpc) is 2.47. The summed E-state index contributed by atoms with van der Waals surface area (Å²) in [5.74, 6) is 0.770. The van der Waals surface area contributed by atoms with Crippen LogP contribution in [0.15, 0.2) is 47.4 Å². The minimum absolute atomic E-state index is 0.0888. The van der Waals surface area contributed by atoms with Crippen molar-refractivity contribution >= 4 is 5.69 Å². The van der Waals surface area contributed by atoms with Crippen LogP contribution in [0.2, 0.25) is 0 Å². The van der Waals surface area contributed by atoms with E-state index in [1.165, 1.54) is 22.9 Å². The molecule has 2 aromatic rings. The maximum Gasteiger partial charge on any atom is 0.285 e. The maximum absolute atomic E-state index is 11.6. The van der Waals surface area contributed by atoms with E-state index < -0.39 is 4.92 Å². The zero-order valence-corrected chi connectivity index (χ0v) is 11.7. The van der Waals surface area contributed by atoms with Crippen molar-refractivity contribution in [2.75, 3.05) is 6.61 Å². The van der Waals surface area contributed by atoms with Crippen LogP contribution < -0.4 is 10.3 Å². The molecule has 0 aliphatic heterocycles. The Balaban J connectivity index is 1.88. The number of ether oxygens (including phenoxy) is 1. The summed E-state index contributed by atoms with van der Waals surface area (Å²) < 4.78 is 6.88. The van der Waals surface area contributed by atoms with Gasteiger partial charge in [0.2, 0.25) is 0 Å². The van der Waals surface area contributed by atoms with Crippen molar-refractivity contribution in [1.82, 2.24) is 4.57 Å². The van der Waals surface area contributed by atoms with Gasteiger partial charge >= 0.3 is 0 Å². The summed E-state index contributed by atoms with van der Waals surface area (Å²) in [7, 11) is 0. The van der Waals surface area contributed by atoms with Gasteiger partial charge in [-0.3, -0.25) is 14.9 Å². The van der Waals surface area contributed by atoms with E-state index in [4.69, 9.17) is 4.74 Å². The molecule has 0 N–H and O–H groups in total. The topological polar surface area (TPSA) is 74.4 Å². The van der Waals surface area contributed by atoms with Crippen LogP contribution in [0.5, 0.6) is 5.75 Å². The average molecular weight is 288 g/mol. The fourth-order valence-electron chi connectivity index (χ4n) is 1.86. The first kappa shape index (κ1) is 14.8. The van der Waals surface area contributed by atoms with E-state index in [1.807, 2.05) is 31.2 Å². The van der Waals surface area contributed by atoms with Crippen molar-refractivity contribution in [2.24, 2.45) is 0 Å². The number of aromatic nitrogens is 1. The van der Waals surface area contributed by atoms with Gasteiger partial charge in [-0.15, -0.1) is 0 Å². The third-order valence-electron chi connectivity index (χ3n) is 3.01. The van der Waals surface area contributed by atoms with E-state index in [9.17, 15) is 14.9 Å². The first-order valence-electron chi connectivity index (χ1n) is 6.60. The molecule has 0 amide bonds. The molecule has 0 saturated heterocycles. The van der Waals surface area contributed by atoms with Gasteiger partial charge in [-0.25, -0.2) is 0 Å². The number of nitrogens with zero attached hydrogens (tertiary/aromatic N) is 2. The lowest BCUT2D eigenvalue weighted by Gasteiger charge is -2.08. The van der Waals surface area contributed by atoms with Crippen molar-refractivity contribution in [1.29, 1.82) is 0 Å². The van der Waals surface area contributed by atoms with Crippen LogP contribution in [-0.2, 0) is 6.54 Å². The molecule has 0 radical (unpaired) electrons. The summed E-state index contributed by atoms with van der Waals surface area (Å²) >= 11 is 0. The molecule has 0 bridgehead atoms. The smallest absolute Gasteiger partial charge is 0.285 e. The molecule has 2 rings (SSSR count). The van der Waals surface area contributed by atoms with E-state index in [-0.39, 0.29) is 11.2 Å². The lowest BCUT2D eigenvalue weighted by Crippen LogP contribution is -2.20. The highest BCUT2D eigenvalue weighted by Gasteiger charge is 2.07. The highest BCUT2D eigenvalue weighted by molar-refractivity contribution is 5.26. The Labute approximate surface area is 121 Å². The van der Waals surface area contributed by atoms with Crippen molar-refractivity contribution in [3.8, 4) is 5.75 Å². The first-order chi connectivity index (χ1) is 10.1. The molecular formula is C15H16N2O4. The fraction of sp³-hybridized carbons (Fsp3) is 0.267. The molecule has 110 valence electrons. The van der Waals surface area contributed by atoms with Crippen molar-refractivity contribution in [3.05, 3.63) is 68.6 Å². The minimum Gasteiger partial charge on any atom is -0.494 e. The summed E-state index contributed by atoms with van der Waals surface area (Å²) in [6.07, 6.45) is 1.85. The monoisotopic (exact) mass is 288 g/mol. The molecule has 1 heterocycles. The van der Waals surface area contributed by atoms with Gasteiger partial charge in [0, 0.05) is 18.7 Å². The second-order valence-electron chi connectivity index (χ2n) is 4.69. The quantitative estimate of drug-likeness (QED) is 0.465. The molecule has 0 atom stereocenters. The van der Waals surface area contributed by atoms with Crippen LogP contribution in [0.4, 0.5) is 5.69 Å². The van der Waals surface area contributed by atoms with Crippen LogP contribution in [0.3, 0.4) is 0 Å². The molecule has 0 aliphatic carbocycles. The molecular weight excluding hydrogens is 272 g/mol. The third kappa shape index (κ3) is 4.17. The molecule has 6 nitrogen and oxygen atoms in total. The lowest BCUT2D eigenvalue weighted by atomic mass is 10.2. The van der Waals surface area contributed by atoms with Crippen LogP contribution in [0.1, 0.15) is 12.0 Å². The van der Waals surface area contributed by atoms with Crippen LogP contribution in [-0.4, -0.2) is 16.1 Å². The Morgan fingerprint density at radius 1 is 1.19 bits per heavy atom. The van der Waals surface area contributed by atoms with Crippen molar-refractivity contribution < 1.29 is 9.66 Å². The van der Waals surface area contributed by atoms with Gasteiger partial charge < -0.3 is 9.30 Å². The standard InChI is InChI=1S/C15H16N2O4/c1-12-3-6-14(7-4-12)21-10-2-9-16-11-13(17(19)20)5-8-15(16)18/h3-8,11H,2,9-10H2,1H3. The molecule has 21 heavy (non-hydrogen) atoms. The van der Waals surface area contributed by atoms with E-state index in [0.717, 1.165) is 11.3 Å². The SMILES string of the molecule is Cc1ccc(OCCCn2cc([N+](=O)[O-])ccc2=O)cc1. The number of hydrogen-bond donors (Lipinski definition) is 0. The largest absolute Gasteiger partial charge is 0.494 e. The van der Waals surface area contributed by atoms with Crippen LogP contribution >= 0.6 is 0 Å². The molecule has 6 heteroatoms. The van der Waals surface area contributed by atoms with Crippen molar-refractivity contribution in [3.63, 3.8) is 0 Å². The van der Waals surface area contributed by atoms with Gasteiger partial charge in [0.05, 0.1) is 17.7 Å². The Hall–Kier alpha value is -2.63. The van der Waals surface area contributed by atoms with Gasteiger partial charge in [0.1, 0.15) is 5.75 Å². The summed E-state index contributed by atoms with van der Waals surface area (Å²) in [6, 6.07) is 10.1. The normalized spacial score (nSPS) is 10.3. The van der Waals surface area contributed by atoms with Gasteiger partial charge in [-0.1, -0.05) is 17.7 Å². The first-order valence-corrected chi connectivity index (χ1v) is 6.60. The summed E-state index contributed by atoms with van der Waals surface area (Å²) in [5.41, 5.74) is 0.815. The molecule has 0 aliphatic rings. The second kappa shape index (κ2) is 6.69. The van der Waals surface area contributed by atoms with Crippen molar-refractivity contribution in [2.45, 2.75) is 19.9 Å². The minimum atomic E-state index is -0.515. The van der Waals surface area contributed by atoms with E-state index in [2.05, 4.69) is 0 Å². The van der Waals surface area contributed by atoms with Gasteiger partial charge in [-0.2, -0.15) is 0 Å². The maximum atomic E-state index is 11.6. The van der Waals surface area contributed by atoms with E-state index in [1.54, 1.807) is 0 Å². The summed E-state index contributed by atoms with van der Waals surface area (Å²) in [6.45, 7) is 2.82.